The number of hydrogen-bond donors (Lipinski definition) is 1. The third-order valence-electron chi connectivity index (χ3n) is 4.94. The summed E-state index contributed by atoms with van der Waals surface area (Å²) in [5.41, 5.74) is 2.91. The number of carbonyl (C=O) groups excluding carboxylic acids is 1. The van der Waals surface area contributed by atoms with Crippen molar-refractivity contribution in [2.75, 3.05) is 31.9 Å². The van der Waals surface area contributed by atoms with Crippen LogP contribution in [0.5, 0.6) is 11.5 Å². The highest BCUT2D eigenvalue weighted by atomic mass is 35.5. The number of carbonyl (C=O) groups is 1. The third-order valence-corrected chi connectivity index (χ3v) is 5.88. The van der Waals surface area contributed by atoms with Crippen LogP contribution in [0.25, 0.3) is 0 Å². The molecule has 0 bridgehead atoms. The molecular formula is C23H30ClNO5S. The predicted octanol–water partition coefficient (Wildman–Crippen LogP) is 3.83. The maximum Gasteiger partial charge on any atom is 0.209 e. The van der Waals surface area contributed by atoms with Crippen molar-refractivity contribution < 1.29 is 22.7 Å². The number of sulfonamides is 1. The molecule has 0 atom stereocenters. The van der Waals surface area contributed by atoms with E-state index in [0.717, 1.165) is 35.1 Å². The summed E-state index contributed by atoms with van der Waals surface area (Å²) in [6.07, 6.45) is 1.82. The zero-order valence-corrected chi connectivity index (χ0v) is 20.0. The number of nitrogens with one attached hydrogen (secondary N) is 1. The summed E-state index contributed by atoms with van der Waals surface area (Å²) in [5, 5.41) is 0. The SMILES string of the molecule is Cc1cc(C(C)(C)c2ccc(OCCCCl)cc2)ccc1OCC(=O)CNS(C)(=O)=O. The molecule has 0 aliphatic heterocycles. The van der Waals surface area contributed by atoms with Gasteiger partial charge in [-0.1, -0.05) is 38.1 Å². The van der Waals surface area contributed by atoms with Gasteiger partial charge < -0.3 is 9.47 Å². The molecule has 2 rings (SSSR count). The Bertz CT molecular complexity index is 988. The number of benzene rings is 2. The minimum absolute atomic E-state index is 0.197. The second-order valence-electron chi connectivity index (χ2n) is 7.94. The van der Waals surface area contributed by atoms with E-state index in [1.807, 2.05) is 37.3 Å². The van der Waals surface area contributed by atoms with Crippen molar-refractivity contribution in [2.24, 2.45) is 0 Å². The van der Waals surface area contributed by atoms with Crippen LogP contribution in [-0.4, -0.2) is 46.1 Å². The van der Waals surface area contributed by atoms with Gasteiger partial charge in [-0.05, 0) is 48.2 Å². The van der Waals surface area contributed by atoms with Crippen LogP contribution in [0.3, 0.4) is 0 Å². The van der Waals surface area contributed by atoms with Gasteiger partial charge >= 0.3 is 0 Å². The Hall–Kier alpha value is -2.09. The number of Topliss-reactive ketones (excluding diaryl/α,β-unsaturated/α-hetero) is 1. The standard InChI is InChI=1S/C23H30ClNO5S/c1-17-14-19(8-11-22(17)30-16-20(26)15-25-31(4,27)28)23(2,3)18-6-9-21(10-7-18)29-13-5-12-24/h6-11,14,25H,5,12-13,15-16H2,1-4H3. The van der Waals surface area contributed by atoms with Crippen LogP contribution in [-0.2, 0) is 20.2 Å². The summed E-state index contributed by atoms with van der Waals surface area (Å²) in [5.74, 6) is 1.65. The van der Waals surface area contributed by atoms with Gasteiger partial charge in [-0.2, -0.15) is 0 Å². The molecule has 0 unspecified atom stereocenters. The third kappa shape index (κ3) is 7.83. The van der Waals surface area contributed by atoms with Crippen molar-refractivity contribution in [3.63, 3.8) is 0 Å². The van der Waals surface area contributed by atoms with Crippen LogP contribution in [0.2, 0.25) is 0 Å². The van der Waals surface area contributed by atoms with Gasteiger partial charge in [-0.15, -0.1) is 11.6 Å². The quantitative estimate of drug-likeness (QED) is 0.379. The van der Waals surface area contributed by atoms with Crippen molar-refractivity contribution in [3.05, 3.63) is 59.2 Å². The van der Waals surface area contributed by atoms with Crippen LogP contribution < -0.4 is 14.2 Å². The van der Waals surface area contributed by atoms with Gasteiger partial charge in [0.05, 0.1) is 19.4 Å². The Labute approximate surface area is 190 Å². The lowest BCUT2D eigenvalue weighted by molar-refractivity contribution is -0.119. The van der Waals surface area contributed by atoms with Crippen molar-refractivity contribution in [1.82, 2.24) is 4.72 Å². The van der Waals surface area contributed by atoms with Crippen LogP contribution >= 0.6 is 11.6 Å². The molecular weight excluding hydrogens is 438 g/mol. The number of ether oxygens (including phenoxy) is 2. The summed E-state index contributed by atoms with van der Waals surface area (Å²) in [6.45, 7) is 6.33. The average Bonchev–Trinajstić information content (AvgIpc) is 2.71. The highest BCUT2D eigenvalue weighted by molar-refractivity contribution is 7.88. The van der Waals surface area contributed by atoms with Crippen LogP contribution in [0.1, 0.15) is 37.0 Å². The number of hydrogen-bond acceptors (Lipinski definition) is 5. The molecule has 0 aromatic heterocycles. The van der Waals surface area contributed by atoms with Crippen molar-refractivity contribution >= 4 is 27.4 Å². The molecule has 0 radical (unpaired) electrons. The molecule has 1 N–H and O–H groups in total. The molecule has 6 nitrogen and oxygen atoms in total. The number of halogens is 1. The maximum absolute atomic E-state index is 11.8. The summed E-state index contributed by atoms with van der Waals surface area (Å²) in [6, 6.07) is 13.9. The summed E-state index contributed by atoms with van der Waals surface area (Å²) < 4.78 is 35.6. The van der Waals surface area contributed by atoms with Gasteiger partial charge in [0.15, 0.2) is 5.78 Å². The van der Waals surface area contributed by atoms with Gasteiger partial charge in [0, 0.05) is 11.3 Å². The molecule has 170 valence electrons. The van der Waals surface area contributed by atoms with Gasteiger partial charge in [-0.3, -0.25) is 4.79 Å². The molecule has 0 saturated carbocycles. The molecule has 0 fully saturated rings. The fourth-order valence-corrected chi connectivity index (χ4v) is 3.53. The molecule has 2 aromatic carbocycles. The topological polar surface area (TPSA) is 81.7 Å². The Kier molecular flexibility index (Phi) is 8.91. The van der Waals surface area contributed by atoms with Gasteiger partial charge in [0.25, 0.3) is 0 Å². The molecule has 0 heterocycles. The smallest absolute Gasteiger partial charge is 0.209 e. The first-order valence-electron chi connectivity index (χ1n) is 10.0. The lowest BCUT2D eigenvalue weighted by Crippen LogP contribution is -2.31. The number of rotatable bonds is 12. The zero-order chi connectivity index (χ0) is 23.1. The zero-order valence-electron chi connectivity index (χ0n) is 18.4. The Morgan fingerprint density at radius 2 is 1.71 bits per heavy atom. The lowest BCUT2D eigenvalue weighted by atomic mass is 9.77. The minimum atomic E-state index is -3.41. The fraction of sp³-hybridized carbons (Fsp3) is 0.435. The van der Waals surface area contributed by atoms with Crippen LogP contribution in [0.15, 0.2) is 42.5 Å². The number of ketones is 1. The van der Waals surface area contributed by atoms with Crippen molar-refractivity contribution in [3.8, 4) is 11.5 Å². The maximum atomic E-state index is 11.8. The molecule has 0 aliphatic carbocycles. The van der Waals surface area contributed by atoms with Crippen LogP contribution in [0, 0.1) is 6.92 Å². The number of alkyl halides is 1. The van der Waals surface area contributed by atoms with E-state index in [9.17, 15) is 13.2 Å². The first kappa shape index (κ1) is 25.2. The van der Waals surface area contributed by atoms with E-state index in [2.05, 4.69) is 30.7 Å². The number of aryl methyl sites for hydroxylation is 1. The molecule has 0 aliphatic rings. The summed E-state index contributed by atoms with van der Waals surface area (Å²) >= 11 is 5.68. The Morgan fingerprint density at radius 1 is 1.06 bits per heavy atom. The van der Waals surface area contributed by atoms with E-state index in [4.69, 9.17) is 21.1 Å². The summed E-state index contributed by atoms with van der Waals surface area (Å²) in [7, 11) is -3.41. The second kappa shape index (κ2) is 11.0. The van der Waals surface area contributed by atoms with E-state index in [1.54, 1.807) is 0 Å². The monoisotopic (exact) mass is 467 g/mol. The highest BCUT2D eigenvalue weighted by Gasteiger charge is 2.24. The highest BCUT2D eigenvalue weighted by Crippen LogP contribution is 2.34. The summed E-state index contributed by atoms with van der Waals surface area (Å²) in [4.78, 5) is 11.8. The van der Waals surface area contributed by atoms with Gasteiger partial charge in [-0.25, -0.2) is 13.1 Å². The molecule has 31 heavy (non-hydrogen) atoms. The van der Waals surface area contributed by atoms with Gasteiger partial charge in [0.1, 0.15) is 18.1 Å². The van der Waals surface area contributed by atoms with E-state index < -0.39 is 10.0 Å². The molecule has 2 aromatic rings. The predicted molar refractivity (Wildman–Crippen MR) is 124 cm³/mol. The largest absolute Gasteiger partial charge is 0.494 e. The average molecular weight is 468 g/mol. The Balaban J connectivity index is 2.04. The molecule has 0 amide bonds. The lowest BCUT2D eigenvalue weighted by Gasteiger charge is -2.27. The van der Waals surface area contributed by atoms with Gasteiger partial charge in [0.2, 0.25) is 10.0 Å². The second-order valence-corrected chi connectivity index (χ2v) is 10.2. The normalized spacial score (nSPS) is 11.9. The molecule has 0 spiro atoms. The van der Waals surface area contributed by atoms with Crippen LogP contribution in [0.4, 0.5) is 0 Å². The fourth-order valence-electron chi connectivity index (χ4n) is 3.00. The molecule has 8 heteroatoms. The minimum Gasteiger partial charge on any atom is -0.494 e. The van der Waals surface area contributed by atoms with E-state index >= 15 is 0 Å². The Morgan fingerprint density at radius 3 is 2.29 bits per heavy atom. The van der Waals surface area contributed by atoms with Crippen molar-refractivity contribution in [1.29, 1.82) is 0 Å². The van der Waals surface area contributed by atoms with E-state index in [0.29, 0.717) is 18.2 Å². The van der Waals surface area contributed by atoms with E-state index in [1.165, 1.54) is 0 Å². The molecule has 0 saturated heterocycles. The first-order valence-corrected chi connectivity index (χ1v) is 12.4. The first-order chi connectivity index (χ1) is 14.5. The van der Waals surface area contributed by atoms with E-state index in [-0.39, 0.29) is 24.3 Å². The van der Waals surface area contributed by atoms with Crippen molar-refractivity contribution in [2.45, 2.75) is 32.6 Å².